The Bertz CT molecular complexity index is 697. The summed E-state index contributed by atoms with van der Waals surface area (Å²) >= 11 is 3.39. The first-order valence-electron chi connectivity index (χ1n) is 8.20. The molecular weight excluding hydrogens is 366 g/mol. The van der Waals surface area contributed by atoms with Crippen molar-refractivity contribution in [2.24, 2.45) is 0 Å². The van der Waals surface area contributed by atoms with Gasteiger partial charge in [0.05, 0.1) is 6.04 Å². The van der Waals surface area contributed by atoms with Crippen LogP contribution in [0.3, 0.4) is 0 Å². The lowest BCUT2D eigenvalue weighted by atomic mass is 9.97. The van der Waals surface area contributed by atoms with Gasteiger partial charge in [0.25, 0.3) is 5.91 Å². The zero-order chi connectivity index (χ0) is 17.7. The van der Waals surface area contributed by atoms with Crippen molar-refractivity contribution in [3.63, 3.8) is 0 Å². The number of ether oxygens (including phenoxy) is 1. The first-order chi connectivity index (χ1) is 11.4. The number of carbonyl (C=O) groups is 1. The van der Waals surface area contributed by atoms with Gasteiger partial charge in [0.2, 0.25) is 0 Å². The van der Waals surface area contributed by atoms with E-state index in [1.54, 1.807) is 6.92 Å². The quantitative estimate of drug-likeness (QED) is 0.745. The maximum Gasteiger partial charge on any atom is 0.261 e. The lowest BCUT2D eigenvalue weighted by Gasteiger charge is -2.22. The fourth-order valence-electron chi connectivity index (χ4n) is 2.68. The Labute approximate surface area is 152 Å². The van der Waals surface area contributed by atoms with Crippen molar-refractivity contribution in [2.45, 2.75) is 46.3 Å². The van der Waals surface area contributed by atoms with Crippen molar-refractivity contribution in [1.29, 1.82) is 0 Å². The number of hydrogen-bond donors (Lipinski definition) is 1. The largest absolute Gasteiger partial charge is 0.481 e. The third kappa shape index (κ3) is 4.84. The van der Waals surface area contributed by atoms with E-state index in [1.807, 2.05) is 24.3 Å². The molecule has 3 nitrogen and oxygen atoms in total. The van der Waals surface area contributed by atoms with Gasteiger partial charge in [-0.05, 0) is 62.6 Å². The molecule has 4 heteroatoms. The van der Waals surface area contributed by atoms with Crippen molar-refractivity contribution < 1.29 is 9.53 Å². The van der Waals surface area contributed by atoms with Crippen LogP contribution in [0.5, 0.6) is 5.75 Å². The van der Waals surface area contributed by atoms with Gasteiger partial charge in [0.1, 0.15) is 5.75 Å². The minimum Gasteiger partial charge on any atom is -0.481 e. The van der Waals surface area contributed by atoms with Gasteiger partial charge >= 0.3 is 0 Å². The van der Waals surface area contributed by atoms with Crippen LogP contribution in [0.1, 0.15) is 43.0 Å². The smallest absolute Gasteiger partial charge is 0.261 e. The zero-order valence-corrected chi connectivity index (χ0v) is 16.2. The molecule has 0 aliphatic rings. The fourth-order valence-corrected chi connectivity index (χ4v) is 2.94. The molecular formula is C20H24BrNO2. The average Bonchev–Trinajstić information content (AvgIpc) is 2.55. The molecule has 24 heavy (non-hydrogen) atoms. The van der Waals surface area contributed by atoms with Crippen LogP contribution < -0.4 is 10.1 Å². The second kappa shape index (κ2) is 8.34. The molecule has 2 atom stereocenters. The SMILES string of the molecule is CCC(NC(=O)C(C)Oc1ccc(Br)cc1)c1ccc(C)cc1C. The summed E-state index contributed by atoms with van der Waals surface area (Å²) in [4.78, 5) is 12.5. The van der Waals surface area contributed by atoms with Gasteiger partial charge in [-0.3, -0.25) is 4.79 Å². The molecule has 0 saturated carbocycles. The lowest BCUT2D eigenvalue weighted by Crippen LogP contribution is -2.38. The van der Waals surface area contributed by atoms with Crippen LogP contribution >= 0.6 is 15.9 Å². The molecule has 0 heterocycles. The summed E-state index contributed by atoms with van der Waals surface area (Å²) in [7, 11) is 0. The van der Waals surface area contributed by atoms with E-state index >= 15 is 0 Å². The molecule has 0 aliphatic carbocycles. The normalized spacial score (nSPS) is 13.2. The maximum absolute atomic E-state index is 12.5. The molecule has 2 aromatic carbocycles. The van der Waals surface area contributed by atoms with Crippen LogP contribution in [-0.4, -0.2) is 12.0 Å². The molecule has 0 radical (unpaired) electrons. The van der Waals surface area contributed by atoms with Gasteiger partial charge in [-0.15, -0.1) is 0 Å². The first kappa shape index (κ1) is 18.5. The maximum atomic E-state index is 12.5. The Hall–Kier alpha value is -1.81. The molecule has 2 aromatic rings. The van der Waals surface area contributed by atoms with Crippen molar-refractivity contribution in [1.82, 2.24) is 5.32 Å². The van der Waals surface area contributed by atoms with Crippen molar-refractivity contribution in [3.8, 4) is 5.75 Å². The Balaban J connectivity index is 2.04. The number of hydrogen-bond acceptors (Lipinski definition) is 2. The topological polar surface area (TPSA) is 38.3 Å². The number of carbonyl (C=O) groups excluding carboxylic acids is 1. The van der Waals surface area contributed by atoms with Gasteiger partial charge in [-0.2, -0.15) is 0 Å². The molecule has 1 N–H and O–H groups in total. The molecule has 2 unspecified atom stereocenters. The Morgan fingerprint density at radius 1 is 1.17 bits per heavy atom. The van der Waals surface area contributed by atoms with E-state index in [-0.39, 0.29) is 11.9 Å². The minimum absolute atomic E-state index is 0.00549. The number of rotatable bonds is 6. The van der Waals surface area contributed by atoms with E-state index in [1.165, 1.54) is 11.1 Å². The van der Waals surface area contributed by atoms with E-state index < -0.39 is 6.10 Å². The second-order valence-corrected chi connectivity index (χ2v) is 6.96. The average molecular weight is 390 g/mol. The van der Waals surface area contributed by atoms with Gasteiger partial charge in [-0.25, -0.2) is 0 Å². The lowest BCUT2D eigenvalue weighted by molar-refractivity contribution is -0.128. The van der Waals surface area contributed by atoms with Crippen molar-refractivity contribution in [3.05, 3.63) is 63.6 Å². The molecule has 0 spiro atoms. The summed E-state index contributed by atoms with van der Waals surface area (Å²) in [5, 5.41) is 3.10. The fraction of sp³-hybridized carbons (Fsp3) is 0.350. The molecule has 0 bridgehead atoms. The summed E-state index contributed by atoms with van der Waals surface area (Å²) < 4.78 is 6.71. The van der Waals surface area contributed by atoms with E-state index in [0.29, 0.717) is 5.75 Å². The summed E-state index contributed by atoms with van der Waals surface area (Å²) in [5.41, 5.74) is 3.58. The zero-order valence-electron chi connectivity index (χ0n) is 14.6. The van der Waals surface area contributed by atoms with Crippen LogP contribution in [0.2, 0.25) is 0 Å². The van der Waals surface area contributed by atoms with Crippen molar-refractivity contribution >= 4 is 21.8 Å². The van der Waals surface area contributed by atoms with Crippen LogP contribution in [-0.2, 0) is 4.79 Å². The molecule has 128 valence electrons. The molecule has 0 saturated heterocycles. The first-order valence-corrected chi connectivity index (χ1v) is 8.99. The van der Waals surface area contributed by atoms with Crippen molar-refractivity contribution in [2.75, 3.05) is 0 Å². The van der Waals surface area contributed by atoms with Gasteiger partial charge in [0, 0.05) is 4.47 Å². The molecule has 2 rings (SSSR count). The molecule has 0 fully saturated rings. The van der Waals surface area contributed by atoms with E-state index in [9.17, 15) is 4.79 Å². The van der Waals surface area contributed by atoms with Crippen LogP contribution in [0.15, 0.2) is 46.9 Å². The Morgan fingerprint density at radius 2 is 1.83 bits per heavy atom. The number of halogens is 1. The monoisotopic (exact) mass is 389 g/mol. The number of benzene rings is 2. The summed E-state index contributed by atoms with van der Waals surface area (Å²) in [5.74, 6) is 0.574. The van der Waals surface area contributed by atoms with Crippen LogP contribution in [0.25, 0.3) is 0 Å². The van der Waals surface area contributed by atoms with E-state index in [4.69, 9.17) is 4.74 Å². The minimum atomic E-state index is -0.550. The second-order valence-electron chi connectivity index (χ2n) is 6.04. The highest BCUT2D eigenvalue weighted by atomic mass is 79.9. The van der Waals surface area contributed by atoms with E-state index in [0.717, 1.165) is 16.5 Å². The summed E-state index contributed by atoms with van der Waals surface area (Å²) in [6.07, 6.45) is 0.284. The van der Waals surface area contributed by atoms with E-state index in [2.05, 4.69) is 60.2 Å². The Morgan fingerprint density at radius 3 is 2.42 bits per heavy atom. The standard InChI is InChI=1S/C20H24BrNO2/c1-5-19(18-11-6-13(2)12-14(18)3)22-20(23)15(4)24-17-9-7-16(21)8-10-17/h6-12,15,19H,5H2,1-4H3,(H,22,23). The highest BCUT2D eigenvalue weighted by molar-refractivity contribution is 9.10. The van der Waals surface area contributed by atoms with Crippen LogP contribution in [0.4, 0.5) is 0 Å². The van der Waals surface area contributed by atoms with Gasteiger partial charge in [0.15, 0.2) is 6.10 Å². The third-order valence-electron chi connectivity index (χ3n) is 4.02. The van der Waals surface area contributed by atoms with Crippen LogP contribution in [0, 0.1) is 13.8 Å². The number of nitrogens with one attached hydrogen (secondary N) is 1. The number of amides is 1. The van der Waals surface area contributed by atoms with Gasteiger partial charge < -0.3 is 10.1 Å². The Kier molecular flexibility index (Phi) is 6.44. The predicted molar refractivity (Wildman–Crippen MR) is 101 cm³/mol. The molecule has 0 aliphatic heterocycles. The highest BCUT2D eigenvalue weighted by Crippen LogP contribution is 2.22. The summed E-state index contributed by atoms with van der Waals surface area (Å²) in [6.45, 7) is 8.00. The number of aryl methyl sites for hydroxylation is 2. The van der Waals surface area contributed by atoms with Gasteiger partial charge in [-0.1, -0.05) is 46.6 Å². The highest BCUT2D eigenvalue weighted by Gasteiger charge is 2.20. The molecule has 0 aromatic heterocycles. The predicted octanol–water partition coefficient (Wildman–Crippen LogP) is 5.10. The summed E-state index contributed by atoms with van der Waals surface area (Å²) in [6, 6.07) is 13.8. The molecule has 1 amide bonds. The third-order valence-corrected chi connectivity index (χ3v) is 4.55.